The highest BCUT2D eigenvalue weighted by atomic mass is 16.5. The zero-order valence-corrected chi connectivity index (χ0v) is 15.0. The van der Waals surface area contributed by atoms with Gasteiger partial charge in [-0.15, -0.1) is 0 Å². The molecular weight excluding hydrogens is 324 g/mol. The average molecular weight is 350 g/mol. The van der Waals surface area contributed by atoms with Crippen molar-refractivity contribution in [1.82, 2.24) is 10.2 Å². The lowest BCUT2D eigenvalue weighted by atomic mass is 9.84. The predicted molar refractivity (Wildman–Crippen MR) is 92.4 cm³/mol. The minimum absolute atomic E-state index is 0.143. The Bertz CT molecular complexity index is 588. The number of benzene rings is 1. The van der Waals surface area contributed by atoms with Crippen molar-refractivity contribution in [3.63, 3.8) is 0 Å². The van der Waals surface area contributed by atoms with E-state index in [2.05, 4.69) is 10.2 Å². The van der Waals surface area contributed by atoms with Crippen LogP contribution < -0.4 is 19.5 Å². The molecule has 0 aliphatic carbocycles. The molecule has 1 aromatic carbocycles. The van der Waals surface area contributed by atoms with Crippen LogP contribution >= 0.6 is 0 Å². The fraction of sp³-hybridized carbons (Fsp3) is 0.611. The quantitative estimate of drug-likeness (QED) is 0.847. The number of hydrogen-bond donors (Lipinski definition) is 1. The average Bonchev–Trinajstić information content (AvgIpc) is 2.66. The van der Waals surface area contributed by atoms with Crippen molar-refractivity contribution >= 4 is 6.09 Å². The summed E-state index contributed by atoms with van der Waals surface area (Å²) < 4.78 is 21.3. The van der Waals surface area contributed by atoms with Crippen LogP contribution in [0.25, 0.3) is 0 Å². The van der Waals surface area contributed by atoms with E-state index in [0.29, 0.717) is 23.2 Å². The fourth-order valence-electron chi connectivity index (χ4n) is 3.69. The third-order valence-corrected chi connectivity index (χ3v) is 5.05. The second-order valence-electron chi connectivity index (χ2n) is 6.50. The van der Waals surface area contributed by atoms with E-state index in [9.17, 15) is 4.79 Å². The monoisotopic (exact) mass is 350 g/mol. The van der Waals surface area contributed by atoms with E-state index < -0.39 is 0 Å². The predicted octanol–water partition coefficient (Wildman–Crippen LogP) is 2.03. The highest BCUT2D eigenvalue weighted by Crippen LogP contribution is 2.38. The number of ether oxygens (including phenoxy) is 4. The van der Waals surface area contributed by atoms with E-state index in [-0.39, 0.29) is 18.7 Å². The van der Waals surface area contributed by atoms with Crippen molar-refractivity contribution in [3.8, 4) is 17.2 Å². The van der Waals surface area contributed by atoms with E-state index in [0.717, 1.165) is 38.0 Å². The molecule has 138 valence electrons. The Morgan fingerprint density at radius 1 is 1.12 bits per heavy atom. The zero-order chi connectivity index (χ0) is 17.8. The summed E-state index contributed by atoms with van der Waals surface area (Å²) in [6.45, 7) is 3.35. The molecule has 2 bridgehead atoms. The molecule has 1 amide bonds. The van der Waals surface area contributed by atoms with Crippen molar-refractivity contribution in [2.75, 3.05) is 41.0 Å². The van der Waals surface area contributed by atoms with E-state index >= 15 is 0 Å². The molecule has 3 aliphatic heterocycles. The van der Waals surface area contributed by atoms with Crippen molar-refractivity contribution in [2.45, 2.75) is 25.5 Å². The van der Waals surface area contributed by atoms with Crippen LogP contribution in [-0.4, -0.2) is 58.0 Å². The standard InChI is InChI=1S/C18H26N2O5/c1-22-15-8-12(9-16(23-2)17(15)24-3)11-25-18(21)19-14-10-20-6-4-13(14)5-7-20/h8-9,13-14H,4-7,10-11H2,1-3H3,(H,19,21). The van der Waals surface area contributed by atoms with Gasteiger partial charge in [0, 0.05) is 12.6 Å². The maximum Gasteiger partial charge on any atom is 0.407 e. The number of fused-ring (bicyclic) bond motifs is 3. The molecule has 4 rings (SSSR count). The normalized spacial score (nSPS) is 24.5. The van der Waals surface area contributed by atoms with Crippen LogP contribution in [0.2, 0.25) is 0 Å². The third-order valence-electron chi connectivity index (χ3n) is 5.05. The van der Waals surface area contributed by atoms with Gasteiger partial charge in [-0.1, -0.05) is 0 Å². The van der Waals surface area contributed by atoms with Gasteiger partial charge < -0.3 is 29.2 Å². The Hall–Kier alpha value is -2.15. The molecule has 1 N–H and O–H groups in total. The molecule has 3 aliphatic rings. The Morgan fingerprint density at radius 3 is 2.24 bits per heavy atom. The number of carbonyl (C=O) groups is 1. The summed E-state index contributed by atoms with van der Waals surface area (Å²) in [6.07, 6.45) is 1.92. The van der Waals surface area contributed by atoms with Crippen LogP contribution in [0.4, 0.5) is 4.79 Å². The molecule has 1 aromatic rings. The molecule has 3 saturated heterocycles. The summed E-state index contributed by atoms with van der Waals surface area (Å²) in [5.41, 5.74) is 0.776. The Morgan fingerprint density at radius 2 is 1.76 bits per heavy atom. The number of hydrogen-bond acceptors (Lipinski definition) is 6. The molecule has 0 aromatic heterocycles. The number of amides is 1. The molecule has 25 heavy (non-hydrogen) atoms. The largest absolute Gasteiger partial charge is 0.493 e. The minimum Gasteiger partial charge on any atom is -0.493 e. The highest BCUT2D eigenvalue weighted by Gasteiger charge is 2.35. The lowest BCUT2D eigenvalue weighted by molar-refractivity contribution is 0.0642. The molecule has 3 fully saturated rings. The first-order valence-corrected chi connectivity index (χ1v) is 8.59. The van der Waals surface area contributed by atoms with Crippen LogP contribution in [0.1, 0.15) is 18.4 Å². The molecular formula is C18H26N2O5. The van der Waals surface area contributed by atoms with Gasteiger partial charge in [0.2, 0.25) is 5.75 Å². The molecule has 1 unspecified atom stereocenters. The van der Waals surface area contributed by atoms with E-state index in [1.807, 2.05) is 0 Å². The smallest absolute Gasteiger partial charge is 0.407 e. The van der Waals surface area contributed by atoms with E-state index in [1.54, 1.807) is 33.5 Å². The Balaban J connectivity index is 1.58. The summed E-state index contributed by atoms with van der Waals surface area (Å²) in [7, 11) is 4.67. The van der Waals surface area contributed by atoms with Crippen molar-refractivity contribution in [1.29, 1.82) is 0 Å². The molecule has 0 radical (unpaired) electrons. The number of rotatable bonds is 6. The Kier molecular flexibility index (Phi) is 5.53. The van der Waals surface area contributed by atoms with Gasteiger partial charge >= 0.3 is 6.09 Å². The zero-order valence-electron chi connectivity index (χ0n) is 15.0. The molecule has 1 atom stereocenters. The van der Waals surface area contributed by atoms with Gasteiger partial charge in [0.1, 0.15) is 6.61 Å². The second kappa shape index (κ2) is 7.82. The van der Waals surface area contributed by atoms with Gasteiger partial charge in [-0.2, -0.15) is 0 Å². The Labute approximate surface area is 148 Å². The number of piperidine rings is 3. The lowest BCUT2D eigenvalue weighted by Crippen LogP contribution is -2.57. The first kappa shape index (κ1) is 17.7. The van der Waals surface area contributed by atoms with Crippen LogP contribution in [0.3, 0.4) is 0 Å². The molecule has 3 heterocycles. The molecule has 7 heteroatoms. The minimum atomic E-state index is -0.382. The first-order valence-electron chi connectivity index (χ1n) is 8.59. The number of nitrogens with zero attached hydrogens (tertiary/aromatic N) is 1. The number of methoxy groups -OCH3 is 3. The summed E-state index contributed by atoms with van der Waals surface area (Å²) >= 11 is 0. The van der Waals surface area contributed by atoms with Gasteiger partial charge in [0.25, 0.3) is 0 Å². The van der Waals surface area contributed by atoms with Gasteiger partial charge in [-0.05, 0) is 49.5 Å². The summed E-state index contributed by atoms with van der Waals surface area (Å²) in [5, 5.41) is 3.01. The van der Waals surface area contributed by atoms with Crippen LogP contribution in [0.15, 0.2) is 12.1 Å². The number of carbonyl (C=O) groups excluding carboxylic acids is 1. The van der Waals surface area contributed by atoms with Crippen LogP contribution in [-0.2, 0) is 11.3 Å². The van der Waals surface area contributed by atoms with Gasteiger partial charge in [-0.3, -0.25) is 0 Å². The summed E-state index contributed by atoms with van der Waals surface area (Å²) in [4.78, 5) is 14.5. The van der Waals surface area contributed by atoms with Gasteiger partial charge in [0.15, 0.2) is 11.5 Å². The van der Waals surface area contributed by atoms with Gasteiger partial charge in [-0.25, -0.2) is 4.79 Å². The SMILES string of the molecule is COc1cc(COC(=O)NC2CN3CCC2CC3)cc(OC)c1OC. The molecule has 0 spiro atoms. The second-order valence-corrected chi connectivity index (χ2v) is 6.50. The van der Waals surface area contributed by atoms with Crippen LogP contribution in [0, 0.1) is 5.92 Å². The maximum atomic E-state index is 12.2. The van der Waals surface area contributed by atoms with E-state index in [1.165, 1.54) is 0 Å². The van der Waals surface area contributed by atoms with Crippen molar-refractivity contribution < 1.29 is 23.7 Å². The summed E-state index contributed by atoms with van der Waals surface area (Å²) in [6, 6.07) is 3.75. The molecule has 7 nitrogen and oxygen atoms in total. The van der Waals surface area contributed by atoms with Crippen molar-refractivity contribution in [2.24, 2.45) is 5.92 Å². The first-order chi connectivity index (χ1) is 12.1. The number of nitrogens with one attached hydrogen (secondary N) is 1. The number of alkyl carbamates (subject to hydrolysis) is 1. The fourth-order valence-corrected chi connectivity index (χ4v) is 3.69. The maximum absolute atomic E-state index is 12.2. The van der Waals surface area contributed by atoms with Crippen molar-refractivity contribution in [3.05, 3.63) is 17.7 Å². The topological polar surface area (TPSA) is 69.3 Å². The van der Waals surface area contributed by atoms with Crippen LogP contribution in [0.5, 0.6) is 17.2 Å². The summed E-state index contributed by atoms with van der Waals surface area (Å²) in [5.74, 6) is 2.17. The van der Waals surface area contributed by atoms with Gasteiger partial charge in [0.05, 0.1) is 21.3 Å². The lowest BCUT2D eigenvalue weighted by Gasteiger charge is -2.44. The highest BCUT2D eigenvalue weighted by molar-refractivity contribution is 5.68. The molecule has 0 saturated carbocycles. The third kappa shape index (κ3) is 3.92. The van der Waals surface area contributed by atoms with E-state index in [4.69, 9.17) is 18.9 Å².